The Morgan fingerprint density at radius 1 is 1.45 bits per heavy atom. The van der Waals surface area contributed by atoms with Crippen molar-refractivity contribution in [1.82, 2.24) is 9.78 Å². The average Bonchev–Trinajstić information content (AvgIpc) is 3.07. The van der Waals surface area contributed by atoms with E-state index < -0.39 is 0 Å². The predicted octanol–water partition coefficient (Wildman–Crippen LogP) is 2.31. The second-order valence-corrected chi connectivity index (χ2v) is 5.92. The molecule has 2 aliphatic rings. The first-order valence-electron chi connectivity index (χ1n) is 7.47. The summed E-state index contributed by atoms with van der Waals surface area (Å²) in [7, 11) is 1.80. The third-order valence-corrected chi connectivity index (χ3v) is 4.80. The number of carbonyl (C=O) groups is 1. The van der Waals surface area contributed by atoms with Crippen molar-refractivity contribution in [2.24, 2.45) is 12.5 Å². The van der Waals surface area contributed by atoms with Gasteiger partial charge in [0, 0.05) is 31.7 Å². The van der Waals surface area contributed by atoms with Crippen molar-refractivity contribution in [2.45, 2.75) is 51.2 Å². The molecule has 1 aromatic heterocycles. The lowest BCUT2D eigenvalue weighted by Crippen LogP contribution is -2.58. The van der Waals surface area contributed by atoms with Gasteiger partial charge in [-0.15, -0.1) is 0 Å². The Bertz CT molecular complexity index is 491. The molecule has 5 nitrogen and oxygen atoms in total. The molecule has 0 radical (unpaired) electrons. The molecular weight excluding hydrogens is 256 g/mol. The van der Waals surface area contributed by atoms with Gasteiger partial charge >= 0.3 is 5.97 Å². The summed E-state index contributed by atoms with van der Waals surface area (Å²) in [5.41, 5.74) is 0.606. The van der Waals surface area contributed by atoms with Gasteiger partial charge in [-0.2, -0.15) is 5.10 Å². The molecule has 0 aromatic carbocycles. The number of rotatable bonds is 4. The standard InChI is InChI=1S/C15H22N2O3/c1-3-19-12-8-13(15(12)6-4-5-7-15)20-14(18)11-9-16-17(2)10-11/h9-10,12-13H,3-8H2,1-2H3/t12-,13-/m1/s1. The van der Waals surface area contributed by atoms with E-state index in [1.807, 2.05) is 6.92 Å². The van der Waals surface area contributed by atoms with Crippen LogP contribution < -0.4 is 0 Å². The lowest BCUT2D eigenvalue weighted by atomic mass is 9.62. The fraction of sp³-hybridized carbons (Fsp3) is 0.733. The van der Waals surface area contributed by atoms with Crippen LogP contribution in [0.15, 0.2) is 12.4 Å². The van der Waals surface area contributed by atoms with Gasteiger partial charge < -0.3 is 9.47 Å². The third kappa shape index (κ3) is 2.14. The van der Waals surface area contributed by atoms with Crippen molar-refractivity contribution in [3.63, 3.8) is 0 Å². The summed E-state index contributed by atoms with van der Waals surface area (Å²) < 4.78 is 13.2. The Morgan fingerprint density at radius 3 is 2.80 bits per heavy atom. The molecule has 1 aromatic rings. The zero-order chi connectivity index (χ0) is 14.2. The number of aromatic nitrogens is 2. The fourth-order valence-corrected chi connectivity index (χ4v) is 3.71. The molecule has 5 heteroatoms. The van der Waals surface area contributed by atoms with Gasteiger partial charge in [0.15, 0.2) is 0 Å². The molecule has 0 aliphatic heterocycles. The third-order valence-electron chi connectivity index (χ3n) is 4.80. The van der Waals surface area contributed by atoms with Crippen molar-refractivity contribution in [2.75, 3.05) is 6.61 Å². The van der Waals surface area contributed by atoms with Gasteiger partial charge in [-0.1, -0.05) is 12.8 Å². The smallest absolute Gasteiger partial charge is 0.341 e. The first-order chi connectivity index (χ1) is 9.65. The van der Waals surface area contributed by atoms with E-state index in [4.69, 9.17) is 9.47 Å². The molecular formula is C15H22N2O3. The minimum Gasteiger partial charge on any atom is -0.458 e. The molecule has 2 atom stereocenters. The van der Waals surface area contributed by atoms with Gasteiger partial charge in [0.2, 0.25) is 0 Å². The Kier molecular flexibility index (Phi) is 3.54. The van der Waals surface area contributed by atoms with E-state index in [-0.39, 0.29) is 23.6 Å². The molecule has 3 rings (SSSR count). The van der Waals surface area contributed by atoms with Crippen LogP contribution in [0.1, 0.15) is 49.4 Å². The minimum atomic E-state index is -0.260. The summed E-state index contributed by atoms with van der Waals surface area (Å²) in [5, 5.41) is 4.01. The number of carbonyl (C=O) groups excluding carboxylic acids is 1. The number of ether oxygens (including phenoxy) is 2. The predicted molar refractivity (Wildman–Crippen MR) is 73.3 cm³/mol. The van der Waals surface area contributed by atoms with Crippen molar-refractivity contribution in [3.05, 3.63) is 18.0 Å². The van der Waals surface area contributed by atoms with Crippen LogP contribution in [0.3, 0.4) is 0 Å². The first kappa shape index (κ1) is 13.6. The molecule has 0 unspecified atom stereocenters. The van der Waals surface area contributed by atoms with Crippen molar-refractivity contribution in [3.8, 4) is 0 Å². The molecule has 0 saturated heterocycles. The van der Waals surface area contributed by atoms with Gasteiger partial charge in [0.05, 0.1) is 17.9 Å². The zero-order valence-electron chi connectivity index (χ0n) is 12.2. The second kappa shape index (κ2) is 5.20. The molecule has 1 spiro atoms. The summed E-state index contributed by atoms with van der Waals surface area (Å²) in [6.07, 6.45) is 9.01. The highest BCUT2D eigenvalue weighted by Gasteiger charge is 2.58. The zero-order valence-corrected chi connectivity index (χ0v) is 12.2. The lowest BCUT2D eigenvalue weighted by molar-refractivity contribution is -0.188. The first-order valence-corrected chi connectivity index (χ1v) is 7.47. The van der Waals surface area contributed by atoms with E-state index in [0.29, 0.717) is 5.56 Å². The van der Waals surface area contributed by atoms with Crippen molar-refractivity contribution in [1.29, 1.82) is 0 Å². The maximum atomic E-state index is 12.1. The van der Waals surface area contributed by atoms with Gasteiger partial charge in [0.25, 0.3) is 0 Å². The molecule has 2 fully saturated rings. The maximum absolute atomic E-state index is 12.1. The van der Waals surface area contributed by atoms with Crippen LogP contribution in [0.5, 0.6) is 0 Å². The quantitative estimate of drug-likeness (QED) is 0.793. The largest absolute Gasteiger partial charge is 0.458 e. The molecule has 1 heterocycles. The van der Waals surface area contributed by atoms with Crippen LogP contribution in [0.25, 0.3) is 0 Å². The van der Waals surface area contributed by atoms with Crippen LogP contribution in [0.2, 0.25) is 0 Å². The van der Waals surface area contributed by atoms with Crippen LogP contribution in [0, 0.1) is 5.41 Å². The maximum Gasteiger partial charge on any atom is 0.341 e. The summed E-state index contributed by atoms with van der Waals surface area (Å²) in [6.45, 7) is 2.76. The summed E-state index contributed by atoms with van der Waals surface area (Å²) in [4.78, 5) is 12.1. The van der Waals surface area contributed by atoms with Gasteiger partial charge in [-0.25, -0.2) is 4.79 Å². The van der Waals surface area contributed by atoms with Crippen LogP contribution in [-0.4, -0.2) is 34.6 Å². The molecule has 110 valence electrons. The topological polar surface area (TPSA) is 53.4 Å². The minimum absolute atomic E-state index is 0.00857. The molecule has 2 aliphatic carbocycles. The average molecular weight is 278 g/mol. The molecule has 20 heavy (non-hydrogen) atoms. The number of hydrogen-bond donors (Lipinski definition) is 0. The highest BCUT2D eigenvalue weighted by Crippen LogP contribution is 2.56. The lowest BCUT2D eigenvalue weighted by Gasteiger charge is -2.52. The summed E-state index contributed by atoms with van der Waals surface area (Å²) >= 11 is 0. The number of nitrogens with zero attached hydrogens (tertiary/aromatic N) is 2. The van der Waals surface area contributed by atoms with Crippen LogP contribution in [-0.2, 0) is 16.5 Å². The second-order valence-electron chi connectivity index (χ2n) is 5.92. The Morgan fingerprint density at radius 2 is 2.20 bits per heavy atom. The summed E-state index contributed by atoms with van der Waals surface area (Å²) in [5.74, 6) is -0.260. The van der Waals surface area contributed by atoms with Crippen molar-refractivity contribution >= 4 is 5.97 Å². The van der Waals surface area contributed by atoms with E-state index in [1.54, 1.807) is 24.1 Å². The summed E-state index contributed by atoms with van der Waals surface area (Å²) in [6, 6.07) is 0. The number of hydrogen-bond acceptors (Lipinski definition) is 4. The van der Waals surface area contributed by atoms with E-state index >= 15 is 0 Å². The molecule has 0 N–H and O–H groups in total. The number of esters is 1. The highest BCUT2D eigenvalue weighted by atomic mass is 16.6. The Hall–Kier alpha value is -1.36. The monoisotopic (exact) mass is 278 g/mol. The van der Waals surface area contributed by atoms with Crippen LogP contribution >= 0.6 is 0 Å². The fourth-order valence-electron chi connectivity index (χ4n) is 3.71. The van der Waals surface area contributed by atoms with Crippen molar-refractivity contribution < 1.29 is 14.3 Å². The van der Waals surface area contributed by atoms with E-state index in [0.717, 1.165) is 25.9 Å². The molecule has 0 amide bonds. The van der Waals surface area contributed by atoms with E-state index in [1.165, 1.54) is 12.8 Å². The Balaban J connectivity index is 1.67. The van der Waals surface area contributed by atoms with Gasteiger partial charge in [-0.3, -0.25) is 4.68 Å². The van der Waals surface area contributed by atoms with E-state index in [2.05, 4.69) is 5.10 Å². The SMILES string of the molecule is CCO[C@@H]1C[C@@H](OC(=O)c2cnn(C)c2)C12CCCC2. The van der Waals surface area contributed by atoms with Crippen LogP contribution in [0.4, 0.5) is 0 Å². The molecule has 0 bridgehead atoms. The molecule has 2 saturated carbocycles. The van der Waals surface area contributed by atoms with Gasteiger partial charge in [0.1, 0.15) is 6.10 Å². The normalized spacial score (nSPS) is 27.5. The highest BCUT2D eigenvalue weighted by molar-refractivity contribution is 5.89. The Labute approximate surface area is 119 Å². The van der Waals surface area contributed by atoms with E-state index in [9.17, 15) is 4.79 Å². The number of aryl methyl sites for hydroxylation is 1. The van der Waals surface area contributed by atoms with Gasteiger partial charge in [-0.05, 0) is 19.8 Å².